The summed E-state index contributed by atoms with van der Waals surface area (Å²) in [4.78, 5) is 0. The quantitative estimate of drug-likeness (QED) is 0.900. The average molecular weight is 316 g/mol. The summed E-state index contributed by atoms with van der Waals surface area (Å²) in [5.74, 6) is 1.48. The van der Waals surface area contributed by atoms with Crippen molar-refractivity contribution in [3.8, 4) is 11.5 Å². The van der Waals surface area contributed by atoms with Crippen LogP contribution in [0.1, 0.15) is 26.3 Å². The summed E-state index contributed by atoms with van der Waals surface area (Å²) in [5.41, 5.74) is 1.46. The molecule has 0 aromatic heterocycles. The minimum atomic E-state index is 0.286. The number of nitrogens with one attached hydrogen (secondary N) is 1. The zero-order chi connectivity index (χ0) is 13.8. The van der Waals surface area contributed by atoms with E-state index in [1.807, 2.05) is 6.07 Å². The Balaban J connectivity index is 2.76. The van der Waals surface area contributed by atoms with Gasteiger partial charge >= 0.3 is 0 Å². The van der Waals surface area contributed by atoms with E-state index in [1.165, 1.54) is 5.56 Å². The minimum absolute atomic E-state index is 0.286. The number of hydrogen-bond acceptors (Lipinski definition) is 3. The third-order valence-corrected chi connectivity index (χ3v) is 3.07. The normalized spacial score (nSPS) is 11.4. The highest BCUT2D eigenvalue weighted by Crippen LogP contribution is 2.36. The van der Waals surface area contributed by atoms with E-state index < -0.39 is 0 Å². The van der Waals surface area contributed by atoms with E-state index >= 15 is 0 Å². The van der Waals surface area contributed by atoms with E-state index in [0.29, 0.717) is 0 Å². The Bertz CT molecular complexity index is 400. The molecule has 18 heavy (non-hydrogen) atoms. The van der Waals surface area contributed by atoms with Gasteiger partial charge in [-0.2, -0.15) is 0 Å². The zero-order valence-electron chi connectivity index (χ0n) is 11.8. The van der Waals surface area contributed by atoms with Crippen LogP contribution in [-0.2, 0) is 6.54 Å². The number of benzene rings is 1. The van der Waals surface area contributed by atoms with Crippen LogP contribution in [-0.4, -0.2) is 20.8 Å². The molecule has 0 unspecified atom stereocenters. The first-order valence-electron chi connectivity index (χ1n) is 5.98. The standard InChI is InChI=1S/C14H22BrNO2/c1-14(2,3)9-16-8-10-6-11(15)13(18-5)12(7-10)17-4/h6-7,16H,8-9H2,1-5H3. The highest BCUT2D eigenvalue weighted by molar-refractivity contribution is 9.10. The Morgan fingerprint density at radius 3 is 2.33 bits per heavy atom. The Hall–Kier alpha value is -0.740. The molecular weight excluding hydrogens is 294 g/mol. The van der Waals surface area contributed by atoms with Gasteiger partial charge in [-0.1, -0.05) is 20.8 Å². The molecule has 0 saturated heterocycles. The summed E-state index contributed by atoms with van der Waals surface area (Å²) in [6.45, 7) is 8.43. The first-order chi connectivity index (χ1) is 8.37. The third kappa shape index (κ3) is 4.50. The van der Waals surface area contributed by atoms with Gasteiger partial charge in [-0.15, -0.1) is 0 Å². The van der Waals surface area contributed by atoms with Crippen LogP contribution < -0.4 is 14.8 Å². The van der Waals surface area contributed by atoms with Gasteiger partial charge < -0.3 is 14.8 Å². The van der Waals surface area contributed by atoms with Crippen molar-refractivity contribution in [2.75, 3.05) is 20.8 Å². The molecule has 0 radical (unpaired) electrons. The van der Waals surface area contributed by atoms with Gasteiger partial charge in [-0.25, -0.2) is 0 Å². The molecule has 1 aromatic rings. The number of rotatable bonds is 5. The Labute approximate surface area is 118 Å². The summed E-state index contributed by atoms with van der Waals surface area (Å²) in [5, 5.41) is 3.44. The van der Waals surface area contributed by atoms with Crippen LogP contribution in [0.2, 0.25) is 0 Å². The smallest absolute Gasteiger partial charge is 0.174 e. The van der Waals surface area contributed by atoms with Crippen molar-refractivity contribution in [2.24, 2.45) is 5.41 Å². The first kappa shape index (κ1) is 15.3. The second-order valence-electron chi connectivity index (χ2n) is 5.48. The summed E-state index contributed by atoms with van der Waals surface area (Å²) in [7, 11) is 3.29. The molecule has 0 aliphatic carbocycles. The van der Waals surface area contributed by atoms with Crippen molar-refractivity contribution in [2.45, 2.75) is 27.3 Å². The number of halogens is 1. The number of methoxy groups -OCH3 is 2. The first-order valence-corrected chi connectivity index (χ1v) is 6.78. The highest BCUT2D eigenvalue weighted by atomic mass is 79.9. The lowest BCUT2D eigenvalue weighted by Gasteiger charge is -2.19. The van der Waals surface area contributed by atoms with Gasteiger partial charge in [0, 0.05) is 13.1 Å². The lowest BCUT2D eigenvalue weighted by molar-refractivity contribution is 0.351. The molecule has 102 valence electrons. The van der Waals surface area contributed by atoms with E-state index in [2.05, 4.69) is 48.1 Å². The minimum Gasteiger partial charge on any atom is -0.493 e. The van der Waals surface area contributed by atoms with Gasteiger partial charge in [0.15, 0.2) is 11.5 Å². The number of ether oxygens (including phenoxy) is 2. The molecule has 1 aromatic carbocycles. The van der Waals surface area contributed by atoms with Crippen LogP contribution in [0.4, 0.5) is 0 Å². The molecule has 1 rings (SSSR count). The summed E-state index contributed by atoms with van der Waals surface area (Å²) in [6, 6.07) is 4.05. The molecule has 0 saturated carbocycles. The average Bonchev–Trinajstić information content (AvgIpc) is 2.26. The van der Waals surface area contributed by atoms with Crippen molar-refractivity contribution >= 4 is 15.9 Å². The molecule has 0 aliphatic heterocycles. The molecule has 0 amide bonds. The van der Waals surface area contributed by atoms with E-state index in [0.717, 1.165) is 29.1 Å². The molecule has 0 bridgehead atoms. The summed E-state index contributed by atoms with van der Waals surface area (Å²) in [6.07, 6.45) is 0. The Morgan fingerprint density at radius 1 is 1.17 bits per heavy atom. The predicted molar refractivity (Wildman–Crippen MR) is 78.4 cm³/mol. The van der Waals surface area contributed by atoms with E-state index in [9.17, 15) is 0 Å². The van der Waals surface area contributed by atoms with Gasteiger partial charge in [0.2, 0.25) is 0 Å². The van der Waals surface area contributed by atoms with Crippen molar-refractivity contribution in [1.29, 1.82) is 0 Å². The van der Waals surface area contributed by atoms with Crippen LogP contribution in [0.25, 0.3) is 0 Å². The van der Waals surface area contributed by atoms with Crippen molar-refractivity contribution in [3.63, 3.8) is 0 Å². The van der Waals surface area contributed by atoms with Crippen LogP contribution >= 0.6 is 15.9 Å². The molecule has 0 heterocycles. The van der Waals surface area contributed by atoms with Gasteiger partial charge in [0.25, 0.3) is 0 Å². The molecule has 0 spiro atoms. The van der Waals surface area contributed by atoms with Crippen molar-refractivity contribution < 1.29 is 9.47 Å². The summed E-state index contributed by atoms with van der Waals surface area (Å²) < 4.78 is 11.5. The van der Waals surface area contributed by atoms with Gasteiger partial charge in [-0.3, -0.25) is 0 Å². The largest absolute Gasteiger partial charge is 0.493 e. The SMILES string of the molecule is COc1cc(CNCC(C)(C)C)cc(Br)c1OC. The maximum absolute atomic E-state index is 5.32. The van der Waals surface area contributed by atoms with Crippen molar-refractivity contribution in [1.82, 2.24) is 5.32 Å². The fraction of sp³-hybridized carbons (Fsp3) is 0.571. The molecule has 4 heteroatoms. The molecule has 0 fully saturated rings. The second-order valence-corrected chi connectivity index (χ2v) is 6.33. The maximum atomic E-state index is 5.32. The Morgan fingerprint density at radius 2 is 1.83 bits per heavy atom. The molecule has 0 aliphatic rings. The summed E-state index contributed by atoms with van der Waals surface area (Å²) >= 11 is 3.50. The monoisotopic (exact) mass is 315 g/mol. The van der Waals surface area contributed by atoms with Crippen LogP contribution in [0.15, 0.2) is 16.6 Å². The highest BCUT2D eigenvalue weighted by Gasteiger charge is 2.12. The lowest BCUT2D eigenvalue weighted by atomic mass is 9.97. The number of hydrogen-bond donors (Lipinski definition) is 1. The van der Waals surface area contributed by atoms with Crippen LogP contribution in [0, 0.1) is 5.41 Å². The fourth-order valence-corrected chi connectivity index (χ4v) is 2.31. The zero-order valence-corrected chi connectivity index (χ0v) is 13.3. The van der Waals surface area contributed by atoms with Gasteiger partial charge in [0.1, 0.15) is 0 Å². The topological polar surface area (TPSA) is 30.5 Å². The van der Waals surface area contributed by atoms with Crippen LogP contribution in [0.5, 0.6) is 11.5 Å². The van der Waals surface area contributed by atoms with Crippen molar-refractivity contribution in [3.05, 3.63) is 22.2 Å². The molecular formula is C14H22BrNO2. The van der Waals surface area contributed by atoms with E-state index in [1.54, 1.807) is 14.2 Å². The molecule has 0 atom stereocenters. The lowest BCUT2D eigenvalue weighted by Crippen LogP contribution is -2.26. The Kier molecular flexibility index (Phi) is 5.47. The van der Waals surface area contributed by atoms with Gasteiger partial charge in [-0.05, 0) is 39.0 Å². The predicted octanol–water partition coefficient (Wildman–Crippen LogP) is 3.60. The van der Waals surface area contributed by atoms with Gasteiger partial charge in [0.05, 0.1) is 18.7 Å². The van der Waals surface area contributed by atoms with Crippen LogP contribution in [0.3, 0.4) is 0 Å². The van der Waals surface area contributed by atoms with E-state index in [-0.39, 0.29) is 5.41 Å². The molecule has 3 nitrogen and oxygen atoms in total. The van der Waals surface area contributed by atoms with E-state index in [4.69, 9.17) is 9.47 Å². The maximum Gasteiger partial charge on any atom is 0.174 e. The third-order valence-electron chi connectivity index (χ3n) is 2.48. The second kappa shape index (κ2) is 6.43. The fourth-order valence-electron chi connectivity index (χ4n) is 1.66. The molecule has 1 N–H and O–H groups in total.